The van der Waals surface area contributed by atoms with Crippen LogP contribution in [-0.4, -0.2) is 35.2 Å². The van der Waals surface area contributed by atoms with Crippen molar-refractivity contribution in [1.82, 2.24) is 4.90 Å². The first-order valence-electron chi connectivity index (χ1n) is 5.57. The van der Waals surface area contributed by atoms with Crippen molar-refractivity contribution in [2.45, 2.75) is 51.6 Å². The molecule has 0 spiro atoms. The summed E-state index contributed by atoms with van der Waals surface area (Å²) in [5, 5.41) is 0. The van der Waals surface area contributed by atoms with Gasteiger partial charge in [-0.05, 0) is 33.2 Å². The van der Waals surface area contributed by atoms with E-state index in [1.165, 1.54) is 0 Å². The Morgan fingerprint density at radius 1 is 1.47 bits per heavy atom. The zero-order valence-corrected chi connectivity index (χ0v) is 9.53. The Hall–Kier alpha value is -0.900. The molecule has 0 aromatic rings. The number of hydrogen-bond donors (Lipinski definition) is 1. The molecule has 1 fully saturated rings. The van der Waals surface area contributed by atoms with Crippen LogP contribution < -0.4 is 5.73 Å². The number of likely N-dealkylation sites (tertiary alicyclic amines) is 1. The van der Waals surface area contributed by atoms with Crippen LogP contribution in [-0.2, 0) is 9.59 Å². The largest absolute Gasteiger partial charge is 0.368 e. The minimum absolute atomic E-state index is 0.125. The fourth-order valence-corrected chi connectivity index (χ4v) is 2.32. The van der Waals surface area contributed by atoms with Gasteiger partial charge in [-0.1, -0.05) is 6.42 Å². The normalized spacial score (nSPS) is 24.8. The van der Waals surface area contributed by atoms with E-state index in [1.54, 1.807) is 6.92 Å². The smallest absolute Gasteiger partial charge is 0.234 e. The first-order valence-corrected chi connectivity index (χ1v) is 5.57. The molecule has 0 aliphatic carbocycles. The predicted octanol–water partition coefficient (Wildman–Crippen LogP) is 0.694. The van der Waals surface area contributed by atoms with E-state index < -0.39 is 0 Å². The van der Waals surface area contributed by atoms with Gasteiger partial charge in [-0.2, -0.15) is 0 Å². The minimum Gasteiger partial charge on any atom is -0.368 e. The lowest BCUT2D eigenvalue weighted by atomic mass is 9.98. The van der Waals surface area contributed by atoms with E-state index in [0.717, 1.165) is 25.8 Å². The van der Waals surface area contributed by atoms with Gasteiger partial charge >= 0.3 is 0 Å². The fraction of sp³-hybridized carbons (Fsp3) is 0.818. The average Bonchev–Trinajstić information content (AvgIpc) is 2.16. The van der Waals surface area contributed by atoms with Crippen LogP contribution in [0, 0.1) is 0 Å². The summed E-state index contributed by atoms with van der Waals surface area (Å²) in [5.41, 5.74) is 5.36. The van der Waals surface area contributed by atoms with Gasteiger partial charge in [0, 0.05) is 12.5 Å². The zero-order chi connectivity index (χ0) is 11.4. The van der Waals surface area contributed by atoms with Gasteiger partial charge in [0.25, 0.3) is 0 Å². The summed E-state index contributed by atoms with van der Waals surface area (Å²) < 4.78 is 0. The molecular weight excluding hydrogens is 192 g/mol. The molecule has 1 aliphatic rings. The monoisotopic (exact) mass is 212 g/mol. The summed E-state index contributed by atoms with van der Waals surface area (Å²) in [6, 6.07) is -0.0478. The van der Waals surface area contributed by atoms with Gasteiger partial charge in [-0.3, -0.25) is 14.5 Å². The van der Waals surface area contributed by atoms with E-state index in [4.69, 9.17) is 5.73 Å². The highest BCUT2D eigenvalue weighted by atomic mass is 16.1. The summed E-state index contributed by atoms with van der Waals surface area (Å²) in [7, 11) is 0. The van der Waals surface area contributed by atoms with Gasteiger partial charge in [-0.15, -0.1) is 0 Å². The van der Waals surface area contributed by atoms with E-state index >= 15 is 0 Å². The molecule has 0 aromatic heterocycles. The second-order valence-corrected chi connectivity index (χ2v) is 4.41. The van der Waals surface area contributed by atoms with E-state index in [2.05, 4.69) is 4.90 Å². The highest BCUT2D eigenvalue weighted by Gasteiger charge is 2.30. The lowest BCUT2D eigenvalue weighted by Gasteiger charge is -2.37. The molecule has 0 saturated carbocycles. The average molecular weight is 212 g/mol. The van der Waals surface area contributed by atoms with E-state index in [0.29, 0.717) is 6.42 Å². The summed E-state index contributed by atoms with van der Waals surface area (Å²) in [6.07, 6.45) is 3.48. The second kappa shape index (κ2) is 5.26. The maximum atomic E-state index is 11.3. The van der Waals surface area contributed by atoms with E-state index in [9.17, 15) is 9.59 Å². The number of carbonyl (C=O) groups is 2. The number of piperidine rings is 1. The number of carbonyl (C=O) groups excluding carboxylic acids is 2. The third-order valence-corrected chi connectivity index (χ3v) is 3.02. The Bertz CT molecular complexity index is 253. The van der Waals surface area contributed by atoms with Gasteiger partial charge in [-0.25, -0.2) is 0 Å². The number of amides is 1. The highest BCUT2D eigenvalue weighted by Crippen LogP contribution is 2.20. The number of ketones is 1. The lowest BCUT2D eigenvalue weighted by molar-refractivity contribution is -0.127. The maximum Gasteiger partial charge on any atom is 0.234 e. The molecule has 0 radical (unpaired) electrons. The predicted molar refractivity (Wildman–Crippen MR) is 58.3 cm³/mol. The fourth-order valence-electron chi connectivity index (χ4n) is 2.32. The summed E-state index contributed by atoms with van der Waals surface area (Å²) in [6.45, 7) is 4.45. The Morgan fingerprint density at radius 2 is 2.13 bits per heavy atom. The molecule has 0 bridgehead atoms. The number of nitrogens with two attached hydrogens (primary N) is 1. The lowest BCUT2D eigenvalue weighted by Crippen LogP contribution is -2.51. The van der Waals surface area contributed by atoms with Gasteiger partial charge in [0.05, 0.1) is 6.04 Å². The van der Waals surface area contributed by atoms with Crippen LogP contribution in [0.4, 0.5) is 0 Å². The molecule has 1 amide bonds. The molecule has 0 aromatic carbocycles. The Balaban J connectivity index is 2.62. The number of hydrogen-bond acceptors (Lipinski definition) is 3. The first kappa shape index (κ1) is 12.2. The van der Waals surface area contributed by atoms with Crippen LogP contribution in [0.1, 0.15) is 39.5 Å². The van der Waals surface area contributed by atoms with Crippen molar-refractivity contribution in [2.24, 2.45) is 5.73 Å². The van der Waals surface area contributed by atoms with Crippen molar-refractivity contribution >= 4 is 11.7 Å². The molecule has 1 aliphatic heterocycles. The number of primary amides is 1. The first-order chi connectivity index (χ1) is 7.02. The Kier molecular flexibility index (Phi) is 4.27. The Labute approximate surface area is 90.8 Å². The molecule has 2 N–H and O–H groups in total. The maximum absolute atomic E-state index is 11.3. The van der Waals surface area contributed by atoms with Crippen molar-refractivity contribution in [3.8, 4) is 0 Å². The van der Waals surface area contributed by atoms with Crippen LogP contribution in [0.25, 0.3) is 0 Å². The molecule has 1 heterocycles. The van der Waals surface area contributed by atoms with Crippen molar-refractivity contribution in [2.75, 3.05) is 6.54 Å². The van der Waals surface area contributed by atoms with Crippen molar-refractivity contribution in [3.05, 3.63) is 0 Å². The zero-order valence-electron chi connectivity index (χ0n) is 9.53. The summed E-state index contributed by atoms with van der Waals surface area (Å²) in [4.78, 5) is 24.4. The van der Waals surface area contributed by atoms with Crippen LogP contribution in [0.2, 0.25) is 0 Å². The molecule has 86 valence electrons. The van der Waals surface area contributed by atoms with Crippen LogP contribution in [0.15, 0.2) is 0 Å². The summed E-state index contributed by atoms with van der Waals surface area (Å²) >= 11 is 0. The molecule has 15 heavy (non-hydrogen) atoms. The van der Waals surface area contributed by atoms with Crippen LogP contribution in [0.3, 0.4) is 0 Å². The molecule has 4 heteroatoms. The Morgan fingerprint density at radius 3 is 2.67 bits per heavy atom. The number of nitrogens with zero attached hydrogens (tertiary/aromatic N) is 1. The molecule has 2 atom stereocenters. The molecule has 1 saturated heterocycles. The van der Waals surface area contributed by atoms with Crippen molar-refractivity contribution in [3.63, 3.8) is 0 Å². The molecule has 4 nitrogen and oxygen atoms in total. The minimum atomic E-state index is -0.259. The molecule has 1 rings (SSSR count). The van der Waals surface area contributed by atoms with Crippen LogP contribution in [0.5, 0.6) is 0 Å². The quantitative estimate of drug-likeness (QED) is 0.746. The van der Waals surface area contributed by atoms with Crippen molar-refractivity contribution < 1.29 is 9.59 Å². The number of Topliss-reactive ketones (excluding diaryl/α,β-unsaturated/α-hetero) is 1. The number of rotatable bonds is 4. The van der Waals surface area contributed by atoms with Gasteiger partial charge in [0.1, 0.15) is 5.78 Å². The van der Waals surface area contributed by atoms with Gasteiger partial charge < -0.3 is 5.73 Å². The third kappa shape index (κ3) is 3.30. The summed E-state index contributed by atoms with van der Waals surface area (Å²) in [5.74, 6) is -0.0959. The highest BCUT2D eigenvalue weighted by molar-refractivity contribution is 5.80. The topological polar surface area (TPSA) is 63.4 Å². The van der Waals surface area contributed by atoms with Crippen molar-refractivity contribution in [1.29, 1.82) is 0 Å². The third-order valence-electron chi connectivity index (χ3n) is 3.02. The van der Waals surface area contributed by atoms with E-state index in [1.807, 2.05) is 6.92 Å². The molecule has 2 unspecified atom stereocenters. The van der Waals surface area contributed by atoms with Gasteiger partial charge in [0.15, 0.2) is 0 Å². The standard InChI is InChI=1S/C11H20N2O2/c1-8(7-9(2)14)13-6-4-3-5-10(13)11(12)15/h8,10H,3-7H2,1-2H3,(H2,12,15). The van der Waals surface area contributed by atoms with Gasteiger partial charge in [0.2, 0.25) is 5.91 Å². The molecular formula is C11H20N2O2. The van der Waals surface area contributed by atoms with Crippen LogP contribution >= 0.6 is 0 Å². The van der Waals surface area contributed by atoms with E-state index in [-0.39, 0.29) is 23.8 Å². The second-order valence-electron chi connectivity index (χ2n) is 4.41. The SMILES string of the molecule is CC(=O)CC(C)N1CCCCC1C(N)=O.